The number of fused-ring (bicyclic) bond motifs is 1. The van der Waals surface area contributed by atoms with E-state index in [2.05, 4.69) is 17.4 Å². The first-order valence-electron chi connectivity index (χ1n) is 7.72. The minimum absolute atomic E-state index is 0.0123. The Hall–Kier alpha value is -2.76. The van der Waals surface area contributed by atoms with Crippen molar-refractivity contribution in [3.05, 3.63) is 36.1 Å². The highest BCUT2D eigenvalue weighted by atomic mass is 16.5. The lowest BCUT2D eigenvalue weighted by Crippen LogP contribution is -2.25. The van der Waals surface area contributed by atoms with Gasteiger partial charge in [-0.15, -0.1) is 0 Å². The average molecular weight is 313 g/mol. The molecule has 0 aliphatic heterocycles. The second-order valence-corrected chi connectivity index (χ2v) is 5.38. The maximum atomic E-state index is 12.4. The number of carbonyl (C=O) groups is 1. The largest absolute Gasteiger partial charge is 0.464 e. The number of amides is 1. The third-order valence-electron chi connectivity index (χ3n) is 3.75. The molecule has 0 fully saturated rings. The van der Waals surface area contributed by atoms with Crippen LogP contribution in [0.4, 0.5) is 5.88 Å². The maximum absolute atomic E-state index is 12.4. The van der Waals surface area contributed by atoms with Gasteiger partial charge in [0, 0.05) is 11.9 Å². The van der Waals surface area contributed by atoms with Crippen LogP contribution in [0, 0.1) is 0 Å². The van der Waals surface area contributed by atoms with Crippen LogP contribution < -0.4 is 11.1 Å². The molecule has 3 aromatic rings. The van der Waals surface area contributed by atoms with Gasteiger partial charge in [-0.2, -0.15) is 0 Å². The number of nitrogen functional groups attached to an aromatic ring is 1. The molecule has 0 saturated carbocycles. The Balaban J connectivity index is 1.91. The normalized spacial score (nSPS) is 11.0. The van der Waals surface area contributed by atoms with Crippen molar-refractivity contribution >= 4 is 22.8 Å². The molecule has 2 aromatic heterocycles. The zero-order chi connectivity index (χ0) is 16.2. The minimum atomic E-state index is -0.278. The van der Waals surface area contributed by atoms with Crippen molar-refractivity contribution in [1.29, 1.82) is 0 Å². The Labute approximate surface area is 133 Å². The fourth-order valence-corrected chi connectivity index (χ4v) is 2.53. The van der Waals surface area contributed by atoms with E-state index in [0.29, 0.717) is 17.8 Å². The van der Waals surface area contributed by atoms with Crippen molar-refractivity contribution in [3.63, 3.8) is 0 Å². The molecule has 23 heavy (non-hydrogen) atoms. The average Bonchev–Trinajstić information content (AvgIpc) is 3.14. The number of para-hydroxylation sites is 1. The predicted octanol–water partition coefficient (Wildman–Crippen LogP) is 3.59. The van der Waals surface area contributed by atoms with Crippen molar-refractivity contribution in [1.82, 2.24) is 10.5 Å². The maximum Gasteiger partial charge on any atom is 0.259 e. The van der Waals surface area contributed by atoms with Gasteiger partial charge in [0.05, 0.1) is 5.56 Å². The van der Waals surface area contributed by atoms with Crippen LogP contribution in [0.15, 0.2) is 39.5 Å². The molecule has 0 spiro atoms. The minimum Gasteiger partial charge on any atom is -0.464 e. The molecule has 3 N–H and O–H groups in total. The summed E-state index contributed by atoms with van der Waals surface area (Å²) in [5.41, 5.74) is 7.88. The smallest absolute Gasteiger partial charge is 0.259 e. The number of nitrogens with zero attached hydrogens (tertiary/aromatic N) is 1. The lowest BCUT2D eigenvalue weighted by atomic mass is 10.1. The van der Waals surface area contributed by atoms with Gasteiger partial charge in [0.15, 0.2) is 0 Å². The molecule has 0 bridgehead atoms. The number of aromatic nitrogens is 1. The summed E-state index contributed by atoms with van der Waals surface area (Å²) in [4.78, 5) is 12.4. The molecule has 0 radical (unpaired) electrons. The lowest BCUT2D eigenvalue weighted by molar-refractivity contribution is 0.0954. The third kappa shape index (κ3) is 2.92. The first kappa shape index (κ1) is 15.1. The van der Waals surface area contributed by atoms with Crippen LogP contribution in [0.2, 0.25) is 0 Å². The van der Waals surface area contributed by atoms with Crippen LogP contribution >= 0.6 is 0 Å². The van der Waals surface area contributed by atoms with E-state index in [4.69, 9.17) is 14.7 Å². The number of hydrogen-bond acceptors (Lipinski definition) is 5. The zero-order valence-corrected chi connectivity index (χ0v) is 13.0. The number of nitrogens with one attached hydrogen (secondary N) is 1. The highest BCUT2D eigenvalue weighted by Gasteiger charge is 2.24. The van der Waals surface area contributed by atoms with Crippen molar-refractivity contribution in [2.45, 2.75) is 26.2 Å². The molecule has 0 unspecified atom stereocenters. The van der Waals surface area contributed by atoms with Crippen LogP contribution in [-0.2, 0) is 0 Å². The quantitative estimate of drug-likeness (QED) is 0.678. The molecule has 2 heterocycles. The molecule has 6 heteroatoms. The van der Waals surface area contributed by atoms with Crippen molar-refractivity contribution in [2.75, 3.05) is 12.3 Å². The first-order chi connectivity index (χ1) is 11.2. The number of rotatable bonds is 6. The number of anilines is 1. The van der Waals surface area contributed by atoms with E-state index in [1.165, 1.54) is 0 Å². The van der Waals surface area contributed by atoms with Crippen LogP contribution in [0.25, 0.3) is 22.2 Å². The van der Waals surface area contributed by atoms with Crippen LogP contribution in [0.5, 0.6) is 0 Å². The Morgan fingerprint density at radius 1 is 1.30 bits per heavy atom. The fraction of sp³-hybridized carbons (Fsp3) is 0.294. The summed E-state index contributed by atoms with van der Waals surface area (Å²) in [5.74, 6) is -0.265. The Bertz CT molecular complexity index is 819. The van der Waals surface area contributed by atoms with E-state index in [0.717, 1.165) is 30.2 Å². The summed E-state index contributed by atoms with van der Waals surface area (Å²) < 4.78 is 10.5. The van der Waals surface area contributed by atoms with Gasteiger partial charge in [-0.3, -0.25) is 4.79 Å². The monoisotopic (exact) mass is 313 g/mol. The van der Waals surface area contributed by atoms with Gasteiger partial charge in [0.25, 0.3) is 5.91 Å². The zero-order valence-electron chi connectivity index (χ0n) is 13.0. The van der Waals surface area contributed by atoms with Crippen molar-refractivity contribution in [2.24, 2.45) is 0 Å². The SMILES string of the molecule is CCCCCNC(=O)c1c(-c2coc3ccccc23)noc1N. The molecular formula is C17H19N3O3. The van der Waals surface area contributed by atoms with Gasteiger partial charge in [-0.25, -0.2) is 0 Å². The van der Waals surface area contributed by atoms with Crippen molar-refractivity contribution in [3.8, 4) is 11.3 Å². The number of carbonyl (C=O) groups excluding carboxylic acids is 1. The molecule has 0 aliphatic carbocycles. The molecular weight excluding hydrogens is 294 g/mol. The van der Waals surface area contributed by atoms with Crippen LogP contribution in [0.1, 0.15) is 36.5 Å². The van der Waals surface area contributed by atoms with Gasteiger partial charge < -0.3 is 20.0 Å². The molecule has 0 saturated heterocycles. The van der Waals surface area contributed by atoms with Gasteiger partial charge in [0.2, 0.25) is 5.88 Å². The van der Waals surface area contributed by atoms with Crippen molar-refractivity contribution < 1.29 is 13.7 Å². The molecule has 120 valence electrons. The summed E-state index contributed by atoms with van der Waals surface area (Å²) in [6.45, 7) is 2.71. The van der Waals surface area contributed by atoms with E-state index in [1.54, 1.807) is 6.26 Å². The highest BCUT2D eigenvalue weighted by molar-refractivity contribution is 6.06. The van der Waals surface area contributed by atoms with Gasteiger partial charge in [-0.05, 0) is 12.5 Å². The summed E-state index contributed by atoms with van der Waals surface area (Å²) >= 11 is 0. The van der Waals surface area contributed by atoms with E-state index < -0.39 is 0 Å². The Morgan fingerprint density at radius 2 is 2.13 bits per heavy atom. The molecule has 1 aromatic carbocycles. The third-order valence-corrected chi connectivity index (χ3v) is 3.75. The highest BCUT2D eigenvalue weighted by Crippen LogP contribution is 2.33. The number of hydrogen-bond donors (Lipinski definition) is 2. The van der Waals surface area contributed by atoms with E-state index in [1.807, 2.05) is 24.3 Å². The van der Waals surface area contributed by atoms with Gasteiger partial charge in [-0.1, -0.05) is 43.1 Å². The summed E-state index contributed by atoms with van der Waals surface area (Å²) in [6, 6.07) is 7.54. The first-order valence-corrected chi connectivity index (χ1v) is 7.72. The Kier molecular flexibility index (Phi) is 4.32. The number of benzene rings is 1. The summed E-state index contributed by atoms with van der Waals surface area (Å²) in [7, 11) is 0. The summed E-state index contributed by atoms with van der Waals surface area (Å²) in [6.07, 6.45) is 4.66. The number of unbranched alkanes of at least 4 members (excludes halogenated alkanes) is 2. The lowest BCUT2D eigenvalue weighted by Gasteiger charge is -2.04. The molecule has 0 aliphatic rings. The molecule has 0 atom stereocenters. The van der Waals surface area contributed by atoms with E-state index in [-0.39, 0.29) is 17.4 Å². The van der Waals surface area contributed by atoms with Crippen LogP contribution in [0.3, 0.4) is 0 Å². The van der Waals surface area contributed by atoms with Gasteiger partial charge >= 0.3 is 0 Å². The van der Waals surface area contributed by atoms with E-state index >= 15 is 0 Å². The Morgan fingerprint density at radius 3 is 2.96 bits per heavy atom. The number of furan rings is 1. The summed E-state index contributed by atoms with van der Waals surface area (Å²) in [5, 5.41) is 7.68. The molecule has 3 rings (SSSR count). The second-order valence-electron chi connectivity index (χ2n) is 5.38. The fourth-order valence-electron chi connectivity index (χ4n) is 2.53. The second kappa shape index (κ2) is 6.56. The van der Waals surface area contributed by atoms with Gasteiger partial charge in [0.1, 0.15) is 23.1 Å². The standard InChI is InChI=1S/C17H19N3O3/c1-2-3-6-9-19-17(21)14-15(20-23-16(14)18)12-10-22-13-8-5-4-7-11(12)13/h4-5,7-8,10H,2-3,6,9,18H2,1H3,(H,19,21). The topological polar surface area (TPSA) is 94.3 Å². The molecule has 6 nitrogen and oxygen atoms in total. The predicted molar refractivity (Wildman–Crippen MR) is 88.0 cm³/mol. The van der Waals surface area contributed by atoms with Crippen LogP contribution in [-0.4, -0.2) is 17.6 Å². The molecule has 1 amide bonds. The van der Waals surface area contributed by atoms with E-state index in [9.17, 15) is 4.79 Å². The number of nitrogens with two attached hydrogens (primary N) is 1.